The van der Waals surface area contributed by atoms with Gasteiger partial charge in [-0.3, -0.25) is 0 Å². The van der Waals surface area contributed by atoms with Gasteiger partial charge in [0.1, 0.15) is 0 Å². The van der Waals surface area contributed by atoms with Gasteiger partial charge < -0.3 is 0 Å². The minimum atomic E-state index is -3.70. The van der Waals surface area contributed by atoms with Crippen LogP contribution in [0.4, 0.5) is 0 Å². The van der Waals surface area contributed by atoms with Gasteiger partial charge in [-0.05, 0) is 64.4 Å². The number of benzene rings is 3. The molecule has 130 valence electrons. The summed E-state index contributed by atoms with van der Waals surface area (Å²) in [6.07, 6.45) is 4.13. The second kappa shape index (κ2) is 6.75. The Bertz CT molecular complexity index is 1050. The molecule has 1 aliphatic carbocycles. The topological polar surface area (TPSA) is 34.1 Å². The number of hydrogen-bond acceptors (Lipinski definition) is 2. The molecule has 0 aliphatic heterocycles. The number of hydrogen-bond donors (Lipinski definition) is 0. The average molecular weight is 381 g/mol. The fourth-order valence-electron chi connectivity index (χ4n) is 3.47. The molecule has 2 nitrogen and oxygen atoms in total. The van der Waals surface area contributed by atoms with Gasteiger partial charge in [0.15, 0.2) is 0 Å². The third-order valence-corrected chi connectivity index (χ3v) is 6.12. The van der Waals surface area contributed by atoms with Crippen molar-refractivity contribution in [3.8, 4) is 0 Å². The lowest BCUT2D eigenvalue weighted by molar-refractivity contribution is 0.609. The van der Waals surface area contributed by atoms with Crippen molar-refractivity contribution >= 4 is 31.4 Å². The highest BCUT2D eigenvalue weighted by atomic mass is 35.7. The Morgan fingerprint density at radius 3 is 1.73 bits per heavy atom. The van der Waals surface area contributed by atoms with Crippen LogP contribution in [0.2, 0.25) is 0 Å². The van der Waals surface area contributed by atoms with Crippen molar-refractivity contribution in [1.29, 1.82) is 0 Å². The summed E-state index contributed by atoms with van der Waals surface area (Å²) in [7, 11) is 1.71. The van der Waals surface area contributed by atoms with Crippen molar-refractivity contribution in [2.45, 2.75) is 17.7 Å². The van der Waals surface area contributed by atoms with E-state index in [1.807, 2.05) is 0 Å². The Hall–Kier alpha value is -2.36. The molecule has 0 saturated carbocycles. The molecule has 0 atom stereocenters. The maximum atomic E-state index is 11.5. The Balaban J connectivity index is 1.88. The maximum Gasteiger partial charge on any atom is 0.261 e. The minimum Gasteiger partial charge on any atom is -0.207 e. The Morgan fingerprint density at radius 1 is 0.731 bits per heavy atom. The molecule has 0 aromatic heterocycles. The monoisotopic (exact) mass is 380 g/mol. The van der Waals surface area contributed by atoms with Crippen LogP contribution in [-0.2, 0) is 21.9 Å². The predicted octanol–water partition coefficient (Wildman–Crippen LogP) is 5.30. The summed E-state index contributed by atoms with van der Waals surface area (Å²) < 4.78 is 22.9. The molecule has 0 saturated heterocycles. The van der Waals surface area contributed by atoms with E-state index in [2.05, 4.69) is 54.6 Å². The van der Waals surface area contributed by atoms with Gasteiger partial charge in [0, 0.05) is 10.7 Å². The van der Waals surface area contributed by atoms with Crippen LogP contribution in [0.25, 0.3) is 11.6 Å². The average Bonchev–Trinajstić information content (AvgIpc) is 2.79. The summed E-state index contributed by atoms with van der Waals surface area (Å²) in [5, 5.41) is 0. The normalized spacial score (nSPS) is 13.5. The molecule has 1 aliphatic rings. The van der Waals surface area contributed by atoms with E-state index in [0.717, 1.165) is 24.0 Å². The largest absolute Gasteiger partial charge is 0.261 e. The SMILES string of the molecule is O=S(=O)(Cl)c1ccc(C=C2c3ccccc3CCc3ccccc32)cc1. The highest BCUT2D eigenvalue weighted by Crippen LogP contribution is 2.35. The molecule has 0 spiro atoms. The first-order valence-electron chi connectivity index (χ1n) is 8.45. The lowest BCUT2D eigenvalue weighted by Crippen LogP contribution is -1.93. The van der Waals surface area contributed by atoms with Gasteiger partial charge in [-0.15, -0.1) is 0 Å². The summed E-state index contributed by atoms with van der Waals surface area (Å²) in [5.41, 5.74) is 7.22. The zero-order chi connectivity index (χ0) is 18.1. The van der Waals surface area contributed by atoms with Gasteiger partial charge in [0.25, 0.3) is 9.05 Å². The van der Waals surface area contributed by atoms with Crippen molar-refractivity contribution in [2.24, 2.45) is 0 Å². The molecular weight excluding hydrogens is 364 g/mol. The van der Waals surface area contributed by atoms with E-state index in [-0.39, 0.29) is 4.90 Å². The molecule has 0 N–H and O–H groups in total. The quantitative estimate of drug-likeness (QED) is 0.565. The first-order chi connectivity index (χ1) is 12.5. The maximum absolute atomic E-state index is 11.5. The number of halogens is 1. The van der Waals surface area contributed by atoms with Crippen LogP contribution in [-0.4, -0.2) is 8.42 Å². The molecule has 0 radical (unpaired) electrons. The first kappa shape index (κ1) is 17.1. The number of aryl methyl sites for hydroxylation is 2. The van der Waals surface area contributed by atoms with Crippen LogP contribution in [0.5, 0.6) is 0 Å². The van der Waals surface area contributed by atoms with E-state index < -0.39 is 9.05 Å². The summed E-state index contributed by atoms with van der Waals surface area (Å²) in [5.74, 6) is 0. The summed E-state index contributed by atoms with van der Waals surface area (Å²) in [6.45, 7) is 0. The summed E-state index contributed by atoms with van der Waals surface area (Å²) in [6, 6.07) is 23.6. The zero-order valence-corrected chi connectivity index (χ0v) is 15.6. The summed E-state index contributed by atoms with van der Waals surface area (Å²) in [4.78, 5) is 0.114. The van der Waals surface area contributed by atoms with Gasteiger partial charge in [-0.2, -0.15) is 0 Å². The van der Waals surface area contributed by atoms with Crippen LogP contribution < -0.4 is 0 Å². The molecule has 0 bridgehead atoms. The molecule has 26 heavy (non-hydrogen) atoms. The Morgan fingerprint density at radius 2 is 1.23 bits per heavy atom. The molecule has 4 heteroatoms. The van der Waals surface area contributed by atoms with Crippen molar-refractivity contribution in [3.05, 3.63) is 101 Å². The van der Waals surface area contributed by atoms with Crippen molar-refractivity contribution in [2.75, 3.05) is 0 Å². The number of rotatable bonds is 2. The molecule has 3 aromatic rings. The van der Waals surface area contributed by atoms with Gasteiger partial charge in [0.2, 0.25) is 0 Å². The van der Waals surface area contributed by atoms with E-state index >= 15 is 0 Å². The van der Waals surface area contributed by atoms with E-state index in [1.54, 1.807) is 24.3 Å². The van der Waals surface area contributed by atoms with Gasteiger partial charge >= 0.3 is 0 Å². The summed E-state index contributed by atoms with van der Waals surface area (Å²) >= 11 is 0. The van der Waals surface area contributed by atoms with E-state index in [0.29, 0.717) is 0 Å². The standard InChI is InChI=1S/C22H17ClO2S/c23-26(24,25)19-13-9-16(10-14-19)15-22-20-7-3-1-5-17(20)11-12-18-6-2-4-8-21(18)22/h1-10,13-15H,11-12H2. The van der Waals surface area contributed by atoms with Crippen molar-refractivity contribution in [1.82, 2.24) is 0 Å². The van der Waals surface area contributed by atoms with Crippen LogP contribution >= 0.6 is 10.7 Å². The third kappa shape index (κ3) is 3.33. The van der Waals surface area contributed by atoms with Crippen LogP contribution in [0.15, 0.2) is 77.7 Å². The van der Waals surface area contributed by atoms with Crippen LogP contribution in [0.1, 0.15) is 27.8 Å². The van der Waals surface area contributed by atoms with Crippen molar-refractivity contribution < 1.29 is 8.42 Å². The Kier molecular flexibility index (Phi) is 4.43. The predicted molar refractivity (Wildman–Crippen MR) is 107 cm³/mol. The minimum absolute atomic E-state index is 0.114. The van der Waals surface area contributed by atoms with E-state index in [4.69, 9.17) is 10.7 Å². The zero-order valence-electron chi connectivity index (χ0n) is 14.0. The van der Waals surface area contributed by atoms with Crippen molar-refractivity contribution in [3.63, 3.8) is 0 Å². The molecule has 0 heterocycles. The highest BCUT2D eigenvalue weighted by molar-refractivity contribution is 8.13. The Labute approximate surface area is 158 Å². The second-order valence-corrected chi connectivity index (χ2v) is 8.95. The second-order valence-electron chi connectivity index (χ2n) is 6.38. The number of fused-ring (bicyclic) bond motifs is 2. The fourth-order valence-corrected chi connectivity index (χ4v) is 4.24. The molecule has 0 amide bonds. The van der Waals surface area contributed by atoms with Crippen LogP contribution in [0.3, 0.4) is 0 Å². The lowest BCUT2D eigenvalue weighted by Gasteiger charge is -2.12. The molecule has 4 rings (SSSR count). The van der Waals surface area contributed by atoms with Crippen LogP contribution in [0, 0.1) is 0 Å². The highest BCUT2D eigenvalue weighted by Gasteiger charge is 2.17. The van der Waals surface area contributed by atoms with Gasteiger partial charge in [-0.25, -0.2) is 8.42 Å². The molecule has 3 aromatic carbocycles. The van der Waals surface area contributed by atoms with Gasteiger partial charge in [0.05, 0.1) is 4.90 Å². The first-order valence-corrected chi connectivity index (χ1v) is 10.8. The van der Waals surface area contributed by atoms with E-state index in [1.165, 1.54) is 22.3 Å². The molecular formula is C22H17ClO2S. The lowest BCUT2D eigenvalue weighted by atomic mass is 9.92. The third-order valence-electron chi connectivity index (χ3n) is 4.75. The molecule has 0 unspecified atom stereocenters. The van der Waals surface area contributed by atoms with Gasteiger partial charge in [-0.1, -0.05) is 60.7 Å². The smallest absolute Gasteiger partial charge is 0.207 e. The van der Waals surface area contributed by atoms with E-state index in [9.17, 15) is 8.42 Å². The fraction of sp³-hybridized carbons (Fsp3) is 0.0909. The molecule has 0 fully saturated rings.